The molecule has 0 heterocycles. The summed E-state index contributed by atoms with van der Waals surface area (Å²) < 4.78 is 24.8. The SMILES string of the molecule is C/C(=N/O)c1ccc(S(=O)(=O)c2ccc([N+](=O)[O-])cc2)cc1. The maximum Gasteiger partial charge on any atom is 0.269 e. The van der Waals surface area contributed by atoms with Crippen LogP contribution in [0, 0.1) is 10.1 Å². The molecule has 2 rings (SSSR count). The predicted molar refractivity (Wildman–Crippen MR) is 79.0 cm³/mol. The second-order valence-corrected chi connectivity index (χ2v) is 6.41. The Hall–Kier alpha value is -2.74. The summed E-state index contributed by atoms with van der Waals surface area (Å²) in [7, 11) is -3.76. The molecule has 2 aromatic rings. The van der Waals surface area contributed by atoms with Crippen LogP contribution in [0.1, 0.15) is 12.5 Å². The summed E-state index contributed by atoms with van der Waals surface area (Å²) in [5, 5.41) is 22.3. The molecule has 7 nitrogen and oxygen atoms in total. The first-order valence-electron chi connectivity index (χ1n) is 6.15. The summed E-state index contributed by atoms with van der Waals surface area (Å²) >= 11 is 0. The highest BCUT2D eigenvalue weighted by Gasteiger charge is 2.18. The summed E-state index contributed by atoms with van der Waals surface area (Å²) in [6.07, 6.45) is 0. The van der Waals surface area contributed by atoms with Crippen molar-refractivity contribution in [2.24, 2.45) is 5.16 Å². The summed E-state index contributed by atoms with van der Waals surface area (Å²) in [6, 6.07) is 10.5. The van der Waals surface area contributed by atoms with Crippen LogP contribution in [0.3, 0.4) is 0 Å². The van der Waals surface area contributed by atoms with Gasteiger partial charge in [0.05, 0.1) is 20.4 Å². The van der Waals surface area contributed by atoms with E-state index >= 15 is 0 Å². The molecule has 22 heavy (non-hydrogen) atoms. The molecule has 0 amide bonds. The molecule has 0 aliphatic carbocycles. The fraction of sp³-hybridized carbons (Fsp3) is 0.0714. The Labute approximate surface area is 126 Å². The standard InChI is InChI=1S/C14H12N2O5S/c1-10(15-17)11-2-6-13(7-3-11)22(20,21)14-8-4-12(5-9-14)16(18)19/h2-9,17H,1H3/b15-10-. The Morgan fingerprint density at radius 3 is 1.91 bits per heavy atom. The molecular formula is C14H12N2O5S. The van der Waals surface area contributed by atoms with E-state index in [0.717, 1.165) is 12.1 Å². The van der Waals surface area contributed by atoms with Gasteiger partial charge >= 0.3 is 0 Å². The fourth-order valence-electron chi connectivity index (χ4n) is 1.82. The monoisotopic (exact) mass is 320 g/mol. The molecule has 2 aromatic carbocycles. The van der Waals surface area contributed by atoms with E-state index in [1.165, 1.54) is 36.4 Å². The minimum absolute atomic E-state index is 0.0293. The fourth-order valence-corrected chi connectivity index (χ4v) is 3.08. The lowest BCUT2D eigenvalue weighted by atomic mass is 10.1. The molecule has 0 aliphatic rings. The van der Waals surface area contributed by atoms with Crippen LogP contribution < -0.4 is 0 Å². The zero-order chi connectivity index (χ0) is 16.3. The lowest BCUT2D eigenvalue weighted by Gasteiger charge is -2.05. The zero-order valence-corrected chi connectivity index (χ0v) is 12.3. The average Bonchev–Trinajstić information content (AvgIpc) is 2.54. The lowest BCUT2D eigenvalue weighted by molar-refractivity contribution is -0.384. The van der Waals surface area contributed by atoms with Gasteiger partial charge < -0.3 is 5.21 Å². The van der Waals surface area contributed by atoms with Crippen LogP contribution in [0.2, 0.25) is 0 Å². The summed E-state index contributed by atoms with van der Waals surface area (Å²) in [5.41, 5.74) is 0.772. The summed E-state index contributed by atoms with van der Waals surface area (Å²) in [4.78, 5) is 10.0. The Morgan fingerprint density at radius 1 is 1.05 bits per heavy atom. The van der Waals surface area contributed by atoms with Crippen LogP contribution >= 0.6 is 0 Å². The van der Waals surface area contributed by atoms with Gasteiger partial charge in [0, 0.05) is 12.1 Å². The molecule has 114 valence electrons. The molecule has 0 unspecified atom stereocenters. The third-order valence-corrected chi connectivity index (χ3v) is 4.88. The molecule has 0 aliphatic heterocycles. The van der Waals surface area contributed by atoms with Crippen molar-refractivity contribution in [1.82, 2.24) is 0 Å². The van der Waals surface area contributed by atoms with E-state index in [2.05, 4.69) is 5.16 Å². The van der Waals surface area contributed by atoms with Gasteiger partial charge in [-0.05, 0) is 36.8 Å². The van der Waals surface area contributed by atoms with Crippen molar-refractivity contribution in [3.63, 3.8) is 0 Å². The normalized spacial score (nSPS) is 12.1. The van der Waals surface area contributed by atoms with Gasteiger partial charge in [-0.3, -0.25) is 10.1 Å². The number of nitro benzene ring substituents is 1. The van der Waals surface area contributed by atoms with E-state index < -0.39 is 14.8 Å². The molecule has 0 atom stereocenters. The van der Waals surface area contributed by atoms with Crippen molar-refractivity contribution >= 4 is 21.2 Å². The predicted octanol–water partition coefficient (Wildman–Crippen LogP) is 2.63. The number of nitro groups is 1. The van der Waals surface area contributed by atoms with Crippen LogP contribution in [0.15, 0.2) is 63.5 Å². The Balaban J connectivity index is 2.39. The van der Waals surface area contributed by atoms with Crippen molar-refractivity contribution < 1.29 is 18.5 Å². The molecule has 0 aromatic heterocycles. The number of rotatable bonds is 4. The molecule has 0 radical (unpaired) electrons. The van der Waals surface area contributed by atoms with E-state index in [-0.39, 0.29) is 15.5 Å². The van der Waals surface area contributed by atoms with E-state index in [1.54, 1.807) is 6.92 Å². The van der Waals surface area contributed by atoms with Crippen LogP contribution in [0.5, 0.6) is 0 Å². The molecule has 0 spiro atoms. The number of hydrogen-bond acceptors (Lipinski definition) is 6. The second kappa shape index (κ2) is 5.94. The Morgan fingerprint density at radius 2 is 1.50 bits per heavy atom. The first-order chi connectivity index (χ1) is 10.4. The van der Waals surface area contributed by atoms with Gasteiger partial charge in [0.15, 0.2) is 0 Å². The van der Waals surface area contributed by atoms with Crippen molar-refractivity contribution in [1.29, 1.82) is 0 Å². The van der Waals surface area contributed by atoms with E-state index in [9.17, 15) is 18.5 Å². The van der Waals surface area contributed by atoms with Gasteiger partial charge in [-0.15, -0.1) is 0 Å². The van der Waals surface area contributed by atoms with Crippen LogP contribution in [-0.4, -0.2) is 24.3 Å². The highest BCUT2D eigenvalue weighted by molar-refractivity contribution is 7.91. The zero-order valence-electron chi connectivity index (χ0n) is 11.5. The first-order valence-corrected chi connectivity index (χ1v) is 7.63. The highest BCUT2D eigenvalue weighted by Crippen LogP contribution is 2.23. The van der Waals surface area contributed by atoms with E-state index in [4.69, 9.17) is 5.21 Å². The van der Waals surface area contributed by atoms with Crippen molar-refractivity contribution in [2.75, 3.05) is 0 Å². The molecule has 0 saturated carbocycles. The largest absolute Gasteiger partial charge is 0.411 e. The smallest absolute Gasteiger partial charge is 0.269 e. The van der Waals surface area contributed by atoms with Crippen molar-refractivity contribution in [2.45, 2.75) is 16.7 Å². The Kier molecular flexibility index (Phi) is 4.22. The topological polar surface area (TPSA) is 110 Å². The molecule has 0 bridgehead atoms. The van der Waals surface area contributed by atoms with Crippen LogP contribution in [0.25, 0.3) is 0 Å². The number of benzene rings is 2. The number of nitrogens with zero attached hydrogens (tertiary/aromatic N) is 2. The van der Waals surface area contributed by atoms with Crippen molar-refractivity contribution in [3.8, 4) is 0 Å². The molecule has 8 heteroatoms. The van der Waals surface area contributed by atoms with Crippen molar-refractivity contribution in [3.05, 3.63) is 64.2 Å². The lowest BCUT2D eigenvalue weighted by Crippen LogP contribution is -2.03. The second-order valence-electron chi connectivity index (χ2n) is 4.46. The number of hydrogen-bond donors (Lipinski definition) is 1. The van der Waals surface area contributed by atoms with Gasteiger partial charge in [0.2, 0.25) is 9.84 Å². The van der Waals surface area contributed by atoms with Gasteiger partial charge in [-0.1, -0.05) is 17.3 Å². The third kappa shape index (κ3) is 2.96. The quantitative estimate of drug-likeness (QED) is 0.403. The van der Waals surface area contributed by atoms with Crippen LogP contribution in [-0.2, 0) is 9.84 Å². The molecular weight excluding hydrogens is 308 g/mol. The number of non-ortho nitro benzene ring substituents is 1. The van der Waals surface area contributed by atoms with E-state index in [0.29, 0.717) is 11.3 Å². The average molecular weight is 320 g/mol. The molecule has 0 saturated heterocycles. The maximum absolute atomic E-state index is 12.4. The molecule has 1 N–H and O–H groups in total. The molecule has 0 fully saturated rings. The summed E-state index contributed by atoms with van der Waals surface area (Å²) in [6.45, 7) is 1.58. The van der Waals surface area contributed by atoms with Gasteiger partial charge in [0.1, 0.15) is 0 Å². The van der Waals surface area contributed by atoms with Gasteiger partial charge in [-0.2, -0.15) is 0 Å². The third-order valence-electron chi connectivity index (χ3n) is 3.09. The minimum Gasteiger partial charge on any atom is -0.411 e. The minimum atomic E-state index is -3.76. The van der Waals surface area contributed by atoms with Gasteiger partial charge in [-0.25, -0.2) is 8.42 Å². The highest BCUT2D eigenvalue weighted by atomic mass is 32.2. The van der Waals surface area contributed by atoms with E-state index in [1.807, 2.05) is 0 Å². The van der Waals surface area contributed by atoms with Gasteiger partial charge in [0.25, 0.3) is 5.69 Å². The number of oxime groups is 1. The maximum atomic E-state index is 12.4. The number of sulfone groups is 1. The summed E-state index contributed by atoms with van der Waals surface area (Å²) in [5.74, 6) is 0. The first kappa shape index (κ1) is 15.6. The Bertz CT molecular complexity index is 825. The van der Waals surface area contributed by atoms with Crippen LogP contribution in [0.4, 0.5) is 5.69 Å².